The molecule has 0 N–H and O–H groups in total. The fourth-order valence-corrected chi connectivity index (χ4v) is 4.27. The minimum atomic E-state index is 0. The van der Waals surface area contributed by atoms with Gasteiger partial charge in [0, 0.05) is 8.41 Å². The van der Waals surface area contributed by atoms with Crippen molar-refractivity contribution in [1.82, 2.24) is 0 Å². The summed E-state index contributed by atoms with van der Waals surface area (Å²) in [5.74, 6) is 0. The maximum Gasteiger partial charge on any atom is 0 e. The van der Waals surface area contributed by atoms with E-state index in [0.29, 0.717) is 5.16 Å². The van der Waals surface area contributed by atoms with Crippen molar-refractivity contribution >= 4 is 21.6 Å². The summed E-state index contributed by atoms with van der Waals surface area (Å²) in [6.45, 7) is 9.32. The highest BCUT2D eigenvalue weighted by Gasteiger charge is 2.23. The lowest BCUT2D eigenvalue weighted by molar-refractivity contribution is 0.787. The maximum atomic E-state index is 2.34. The van der Waals surface area contributed by atoms with Crippen molar-refractivity contribution < 1.29 is 0 Å². The fourth-order valence-electron chi connectivity index (χ4n) is 1.65. The largest absolute Gasteiger partial charge is 0.0701 e. The summed E-state index contributed by atoms with van der Waals surface area (Å²) in [6, 6.07) is 10.9. The Morgan fingerprint density at radius 2 is 1.57 bits per heavy atom. The normalized spacial score (nSPS) is 13.1. The first kappa shape index (κ1) is 13.7. The smallest absolute Gasteiger partial charge is 0 e. The van der Waals surface area contributed by atoms with Crippen molar-refractivity contribution in [3.05, 3.63) is 30.3 Å². The second-order valence-electron chi connectivity index (χ2n) is 4.25. The Hall–Kier alpha value is -0.285. The minimum absolute atomic E-state index is 0. The van der Waals surface area contributed by atoms with Crippen LogP contribution in [-0.2, 0) is 0 Å². The van der Waals surface area contributed by atoms with Gasteiger partial charge in [-0.1, -0.05) is 65.9 Å². The van der Waals surface area contributed by atoms with E-state index < -0.39 is 0 Å². The quantitative estimate of drug-likeness (QED) is 0.513. The number of benzene rings is 1. The molecular formula is C12H19BP. The zero-order valence-electron chi connectivity index (χ0n) is 9.62. The summed E-state index contributed by atoms with van der Waals surface area (Å²) < 4.78 is 0. The minimum Gasteiger partial charge on any atom is -0.0701 e. The Bertz CT molecular complexity index is 251. The van der Waals surface area contributed by atoms with Crippen LogP contribution in [0.3, 0.4) is 0 Å². The molecule has 0 spiro atoms. The zero-order chi connectivity index (χ0) is 9.90. The third kappa shape index (κ3) is 3.46. The summed E-state index contributed by atoms with van der Waals surface area (Å²) in [5.41, 5.74) is 0. The van der Waals surface area contributed by atoms with Gasteiger partial charge in [-0.25, -0.2) is 0 Å². The topological polar surface area (TPSA) is 0 Å². The molecule has 0 unspecified atom stereocenters. The van der Waals surface area contributed by atoms with Gasteiger partial charge in [-0.2, -0.15) is 0 Å². The molecule has 1 aromatic carbocycles. The molecule has 1 atom stereocenters. The number of rotatable bonds is 2. The van der Waals surface area contributed by atoms with Crippen LogP contribution in [0.15, 0.2) is 30.3 Å². The molecule has 1 rings (SSSR count). The molecule has 75 valence electrons. The first-order valence-corrected chi connectivity index (χ1v) is 6.41. The Kier molecular flexibility index (Phi) is 5.45. The van der Waals surface area contributed by atoms with Gasteiger partial charge in [-0.15, -0.1) is 0 Å². The van der Waals surface area contributed by atoms with Gasteiger partial charge in [0.05, 0.1) is 0 Å². The SMILES string of the molecule is CC[P@@](c1ccccc1)C(C)(C)C.[B]. The third-order valence-corrected chi connectivity index (χ3v) is 5.37. The van der Waals surface area contributed by atoms with E-state index >= 15 is 0 Å². The summed E-state index contributed by atoms with van der Waals surface area (Å²) in [7, 11) is 0.00540. The van der Waals surface area contributed by atoms with Crippen LogP contribution < -0.4 is 5.30 Å². The van der Waals surface area contributed by atoms with E-state index in [1.165, 1.54) is 11.5 Å². The van der Waals surface area contributed by atoms with Crippen LogP contribution in [0.1, 0.15) is 27.7 Å². The molecule has 0 aliphatic heterocycles. The highest BCUT2D eigenvalue weighted by Crippen LogP contribution is 2.47. The van der Waals surface area contributed by atoms with Gasteiger partial charge in [0.1, 0.15) is 0 Å². The van der Waals surface area contributed by atoms with Crippen molar-refractivity contribution in [2.45, 2.75) is 32.9 Å². The van der Waals surface area contributed by atoms with Crippen molar-refractivity contribution in [2.24, 2.45) is 0 Å². The van der Waals surface area contributed by atoms with E-state index in [-0.39, 0.29) is 16.3 Å². The first-order valence-electron chi connectivity index (χ1n) is 4.88. The monoisotopic (exact) mass is 205 g/mol. The predicted molar refractivity (Wildman–Crippen MR) is 69.0 cm³/mol. The molecule has 14 heavy (non-hydrogen) atoms. The van der Waals surface area contributed by atoms with Crippen LogP contribution in [0.4, 0.5) is 0 Å². The lowest BCUT2D eigenvalue weighted by Gasteiger charge is -2.30. The van der Waals surface area contributed by atoms with Crippen LogP contribution in [0.25, 0.3) is 0 Å². The van der Waals surface area contributed by atoms with Gasteiger partial charge in [0.25, 0.3) is 0 Å². The van der Waals surface area contributed by atoms with Crippen molar-refractivity contribution in [1.29, 1.82) is 0 Å². The molecule has 0 aliphatic carbocycles. The summed E-state index contributed by atoms with van der Waals surface area (Å²) >= 11 is 0. The first-order chi connectivity index (χ1) is 6.05. The zero-order valence-corrected chi connectivity index (χ0v) is 10.5. The predicted octanol–water partition coefficient (Wildman–Crippen LogP) is 3.23. The van der Waals surface area contributed by atoms with Gasteiger partial charge in [0.2, 0.25) is 0 Å². The van der Waals surface area contributed by atoms with E-state index in [9.17, 15) is 0 Å². The second kappa shape index (κ2) is 5.56. The van der Waals surface area contributed by atoms with E-state index in [2.05, 4.69) is 58.0 Å². The summed E-state index contributed by atoms with van der Waals surface area (Å²) in [4.78, 5) is 0. The molecule has 3 radical (unpaired) electrons. The molecule has 0 bridgehead atoms. The van der Waals surface area contributed by atoms with Gasteiger partial charge < -0.3 is 0 Å². The highest BCUT2D eigenvalue weighted by atomic mass is 31.1. The van der Waals surface area contributed by atoms with Crippen LogP contribution >= 0.6 is 7.92 Å². The van der Waals surface area contributed by atoms with Crippen LogP contribution in [0, 0.1) is 0 Å². The molecule has 0 heterocycles. The van der Waals surface area contributed by atoms with E-state index in [1.54, 1.807) is 0 Å². The van der Waals surface area contributed by atoms with Gasteiger partial charge in [-0.3, -0.25) is 0 Å². The van der Waals surface area contributed by atoms with Gasteiger partial charge in [-0.05, 0) is 16.6 Å². The average molecular weight is 205 g/mol. The van der Waals surface area contributed by atoms with Crippen LogP contribution in [-0.4, -0.2) is 19.7 Å². The molecule has 0 fully saturated rings. The van der Waals surface area contributed by atoms with E-state index in [1.807, 2.05) is 0 Å². The van der Waals surface area contributed by atoms with Crippen molar-refractivity contribution in [3.63, 3.8) is 0 Å². The molecule has 0 saturated carbocycles. The second-order valence-corrected chi connectivity index (χ2v) is 7.60. The molecule has 1 aromatic rings. The van der Waals surface area contributed by atoms with Crippen molar-refractivity contribution in [3.8, 4) is 0 Å². The van der Waals surface area contributed by atoms with E-state index in [4.69, 9.17) is 0 Å². The molecule has 0 aliphatic rings. The third-order valence-electron chi connectivity index (χ3n) is 2.19. The van der Waals surface area contributed by atoms with Crippen molar-refractivity contribution in [2.75, 3.05) is 6.16 Å². The van der Waals surface area contributed by atoms with Gasteiger partial charge in [0.15, 0.2) is 0 Å². The number of hydrogen-bond donors (Lipinski definition) is 0. The van der Waals surface area contributed by atoms with E-state index in [0.717, 1.165) is 0 Å². The standard InChI is InChI=1S/C12H19P.B/c1-5-13(12(2,3)4)11-9-7-6-8-10-11;/h6-10H,5H2,1-4H3;/t13-;/m0./s1. The molecular weight excluding hydrogens is 186 g/mol. The van der Waals surface area contributed by atoms with Gasteiger partial charge >= 0.3 is 0 Å². The Morgan fingerprint density at radius 1 is 1.07 bits per heavy atom. The molecule has 0 aromatic heterocycles. The Balaban J connectivity index is 0.00000169. The summed E-state index contributed by atoms with van der Waals surface area (Å²) in [6.07, 6.45) is 1.28. The molecule has 0 saturated heterocycles. The molecule has 0 nitrogen and oxygen atoms in total. The maximum absolute atomic E-state index is 2.34. The Labute approximate surface area is 91.4 Å². The molecule has 2 heteroatoms. The van der Waals surface area contributed by atoms with Crippen LogP contribution in [0.2, 0.25) is 0 Å². The highest BCUT2D eigenvalue weighted by molar-refractivity contribution is 7.67. The Morgan fingerprint density at radius 3 is 1.93 bits per heavy atom. The molecule has 0 amide bonds. The number of hydrogen-bond acceptors (Lipinski definition) is 0. The lowest BCUT2D eigenvalue weighted by Crippen LogP contribution is -2.20. The summed E-state index contributed by atoms with van der Waals surface area (Å²) in [5, 5.41) is 1.97. The fraction of sp³-hybridized carbons (Fsp3) is 0.500. The van der Waals surface area contributed by atoms with Crippen LogP contribution in [0.5, 0.6) is 0 Å². The lowest BCUT2D eigenvalue weighted by atomic mass is 10.3. The average Bonchev–Trinajstić information content (AvgIpc) is 2.05.